The van der Waals surface area contributed by atoms with Gasteiger partial charge in [-0.15, -0.1) is 0 Å². The third-order valence-electron chi connectivity index (χ3n) is 3.84. The van der Waals surface area contributed by atoms with Crippen molar-refractivity contribution in [1.29, 1.82) is 0 Å². The van der Waals surface area contributed by atoms with Gasteiger partial charge in [-0.25, -0.2) is 14.3 Å². The molecule has 0 amide bonds. The summed E-state index contributed by atoms with van der Waals surface area (Å²) in [5.74, 6) is -0.426. The molecule has 2 heterocycles. The van der Waals surface area contributed by atoms with Gasteiger partial charge in [-0.3, -0.25) is 0 Å². The highest BCUT2D eigenvalue weighted by Gasteiger charge is 2.14. The molecule has 2 aromatic heterocycles. The van der Waals surface area contributed by atoms with Crippen LogP contribution in [-0.2, 0) is 6.61 Å². The molecule has 3 rings (SSSR count). The van der Waals surface area contributed by atoms with Crippen LogP contribution < -0.4 is 5.32 Å². The quantitative estimate of drug-likeness (QED) is 0.683. The molecule has 0 saturated carbocycles. The van der Waals surface area contributed by atoms with Crippen LogP contribution in [0.5, 0.6) is 0 Å². The van der Waals surface area contributed by atoms with Gasteiger partial charge in [0.15, 0.2) is 5.82 Å². The third kappa shape index (κ3) is 2.62. The van der Waals surface area contributed by atoms with Crippen LogP contribution in [0.2, 0.25) is 0 Å². The molecular formula is C16H16N4O3. The molecule has 0 aliphatic heterocycles. The van der Waals surface area contributed by atoms with E-state index in [9.17, 15) is 9.90 Å². The molecule has 7 nitrogen and oxygen atoms in total. The van der Waals surface area contributed by atoms with E-state index in [1.807, 2.05) is 13.8 Å². The van der Waals surface area contributed by atoms with Crippen LogP contribution >= 0.6 is 0 Å². The van der Waals surface area contributed by atoms with Crippen LogP contribution in [0.3, 0.4) is 0 Å². The number of aryl methyl sites for hydroxylation is 2. The van der Waals surface area contributed by atoms with Gasteiger partial charge in [0.2, 0.25) is 0 Å². The van der Waals surface area contributed by atoms with Gasteiger partial charge in [-0.05, 0) is 37.1 Å². The van der Waals surface area contributed by atoms with Gasteiger partial charge < -0.3 is 15.5 Å². The van der Waals surface area contributed by atoms with Crippen molar-refractivity contribution >= 4 is 23.0 Å². The summed E-state index contributed by atoms with van der Waals surface area (Å²) in [7, 11) is 0. The van der Waals surface area contributed by atoms with Crippen LogP contribution in [0.15, 0.2) is 30.7 Å². The van der Waals surface area contributed by atoms with E-state index in [2.05, 4.69) is 15.4 Å². The van der Waals surface area contributed by atoms with E-state index in [0.29, 0.717) is 11.5 Å². The minimum atomic E-state index is -0.984. The van der Waals surface area contributed by atoms with Crippen LogP contribution in [0.4, 0.5) is 11.5 Å². The first-order valence-corrected chi connectivity index (χ1v) is 7.05. The average Bonchev–Trinajstić information content (AvgIpc) is 2.86. The minimum Gasteiger partial charge on any atom is -0.478 e. The topological polar surface area (TPSA) is 99.8 Å². The zero-order valence-electron chi connectivity index (χ0n) is 12.7. The Morgan fingerprint density at radius 3 is 2.83 bits per heavy atom. The third-order valence-corrected chi connectivity index (χ3v) is 3.84. The van der Waals surface area contributed by atoms with Crippen molar-refractivity contribution in [2.75, 3.05) is 5.32 Å². The Morgan fingerprint density at radius 1 is 1.35 bits per heavy atom. The number of hydrogen-bond acceptors (Lipinski definition) is 5. The summed E-state index contributed by atoms with van der Waals surface area (Å²) in [6.07, 6.45) is 3.16. The predicted octanol–water partition coefficient (Wildman–Crippen LogP) is 2.28. The highest BCUT2D eigenvalue weighted by atomic mass is 16.4. The second-order valence-corrected chi connectivity index (χ2v) is 5.30. The summed E-state index contributed by atoms with van der Waals surface area (Å²) < 4.78 is 1.65. The normalized spacial score (nSPS) is 10.9. The number of fused-ring (bicyclic) bond motifs is 1. The first kappa shape index (κ1) is 15.0. The highest BCUT2D eigenvalue weighted by molar-refractivity contribution is 5.90. The molecular weight excluding hydrogens is 296 g/mol. The van der Waals surface area contributed by atoms with E-state index >= 15 is 0 Å². The second kappa shape index (κ2) is 5.69. The summed E-state index contributed by atoms with van der Waals surface area (Å²) in [5.41, 5.74) is 4.16. The van der Waals surface area contributed by atoms with E-state index in [1.165, 1.54) is 6.33 Å². The van der Waals surface area contributed by atoms with E-state index in [4.69, 9.17) is 5.11 Å². The number of rotatable bonds is 4. The molecule has 0 atom stereocenters. The fourth-order valence-electron chi connectivity index (χ4n) is 2.48. The van der Waals surface area contributed by atoms with Crippen molar-refractivity contribution < 1.29 is 15.0 Å². The molecule has 118 valence electrons. The number of carboxylic acids is 1. The fourth-order valence-corrected chi connectivity index (χ4v) is 2.48. The van der Waals surface area contributed by atoms with E-state index in [1.54, 1.807) is 28.9 Å². The van der Waals surface area contributed by atoms with Gasteiger partial charge in [0, 0.05) is 17.4 Å². The van der Waals surface area contributed by atoms with Crippen molar-refractivity contribution in [2.24, 2.45) is 0 Å². The lowest BCUT2D eigenvalue weighted by atomic mass is 10.1. The van der Waals surface area contributed by atoms with Gasteiger partial charge in [-0.2, -0.15) is 5.10 Å². The van der Waals surface area contributed by atoms with Gasteiger partial charge in [0.05, 0.1) is 12.2 Å². The van der Waals surface area contributed by atoms with Crippen molar-refractivity contribution in [1.82, 2.24) is 14.6 Å². The molecule has 0 radical (unpaired) electrons. The van der Waals surface area contributed by atoms with Gasteiger partial charge in [0.25, 0.3) is 0 Å². The Hall–Kier alpha value is -2.93. The monoisotopic (exact) mass is 312 g/mol. The molecule has 3 N–H and O–H groups in total. The molecule has 0 spiro atoms. The SMILES string of the molecule is Cc1ccc(C(=O)O)cc1Nc1ncnn2cc(CO)c(C)c12. The summed E-state index contributed by atoms with van der Waals surface area (Å²) >= 11 is 0. The molecule has 0 aliphatic rings. The summed E-state index contributed by atoms with van der Waals surface area (Å²) in [5, 5.41) is 25.8. The Labute approximate surface area is 132 Å². The molecule has 23 heavy (non-hydrogen) atoms. The average molecular weight is 312 g/mol. The van der Waals surface area contributed by atoms with Crippen LogP contribution in [0, 0.1) is 13.8 Å². The smallest absolute Gasteiger partial charge is 0.335 e. The summed E-state index contributed by atoms with van der Waals surface area (Å²) in [6.45, 7) is 3.69. The lowest BCUT2D eigenvalue weighted by Crippen LogP contribution is -2.03. The number of aromatic nitrogens is 3. The van der Waals surface area contributed by atoms with E-state index in [-0.39, 0.29) is 12.2 Å². The maximum Gasteiger partial charge on any atom is 0.335 e. The number of anilines is 2. The van der Waals surface area contributed by atoms with Gasteiger partial charge >= 0.3 is 5.97 Å². The number of carboxylic acid groups (broad SMARTS) is 1. The van der Waals surface area contributed by atoms with Crippen LogP contribution in [0.25, 0.3) is 5.52 Å². The van der Waals surface area contributed by atoms with Crippen molar-refractivity contribution in [3.8, 4) is 0 Å². The summed E-state index contributed by atoms with van der Waals surface area (Å²) in [4.78, 5) is 15.4. The molecule has 1 aromatic carbocycles. The molecule has 7 heteroatoms. The Bertz CT molecular complexity index is 902. The highest BCUT2D eigenvalue weighted by Crippen LogP contribution is 2.27. The number of hydrogen-bond donors (Lipinski definition) is 3. The first-order chi connectivity index (χ1) is 11.0. The predicted molar refractivity (Wildman–Crippen MR) is 85.1 cm³/mol. The van der Waals surface area contributed by atoms with Crippen LogP contribution in [-0.4, -0.2) is 30.8 Å². The van der Waals surface area contributed by atoms with E-state index < -0.39 is 5.97 Å². The standard InChI is InChI=1S/C16H16N4O3/c1-9-3-4-11(16(22)23)5-13(9)19-15-14-10(2)12(7-21)6-20(14)18-8-17-15/h3-6,8,21H,7H2,1-2H3,(H,22,23)(H,17,18,19). The molecule has 0 unspecified atom stereocenters. The second-order valence-electron chi connectivity index (χ2n) is 5.30. The Balaban J connectivity index is 2.10. The number of nitrogens with zero attached hydrogens (tertiary/aromatic N) is 3. The zero-order chi connectivity index (χ0) is 16.6. The lowest BCUT2D eigenvalue weighted by molar-refractivity contribution is 0.0697. The Morgan fingerprint density at radius 2 is 2.13 bits per heavy atom. The lowest BCUT2D eigenvalue weighted by Gasteiger charge is -2.11. The first-order valence-electron chi connectivity index (χ1n) is 7.05. The fraction of sp³-hybridized carbons (Fsp3) is 0.188. The molecule has 0 saturated heterocycles. The number of aromatic carboxylic acids is 1. The zero-order valence-corrected chi connectivity index (χ0v) is 12.7. The van der Waals surface area contributed by atoms with E-state index in [0.717, 1.165) is 22.2 Å². The number of nitrogens with one attached hydrogen (secondary N) is 1. The number of aliphatic hydroxyl groups is 1. The van der Waals surface area contributed by atoms with Crippen molar-refractivity contribution in [2.45, 2.75) is 20.5 Å². The maximum absolute atomic E-state index is 11.1. The van der Waals surface area contributed by atoms with Gasteiger partial charge in [0.1, 0.15) is 11.8 Å². The van der Waals surface area contributed by atoms with Crippen LogP contribution in [0.1, 0.15) is 27.0 Å². The molecule has 0 bridgehead atoms. The largest absolute Gasteiger partial charge is 0.478 e. The Kier molecular flexibility index (Phi) is 3.71. The molecule has 0 fully saturated rings. The van der Waals surface area contributed by atoms with Gasteiger partial charge in [-0.1, -0.05) is 6.07 Å². The number of benzene rings is 1. The summed E-state index contributed by atoms with van der Waals surface area (Å²) in [6, 6.07) is 4.88. The minimum absolute atomic E-state index is 0.0812. The van der Waals surface area contributed by atoms with Crippen molar-refractivity contribution in [3.63, 3.8) is 0 Å². The molecule has 0 aliphatic carbocycles. The van der Waals surface area contributed by atoms with Crippen molar-refractivity contribution in [3.05, 3.63) is 53.0 Å². The number of carbonyl (C=O) groups is 1. The maximum atomic E-state index is 11.1. The number of aliphatic hydroxyl groups excluding tert-OH is 1. The molecule has 3 aromatic rings.